The van der Waals surface area contributed by atoms with Crippen molar-refractivity contribution in [2.75, 3.05) is 22.9 Å². The molecule has 0 bridgehead atoms. The van der Waals surface area contributed by atoms with E-state index in [2.05, 4.69) is 18.7 Å². The highest BCUT2D eigenvalue weighted by Crippen LogP contribution is 2.34. The number of nitrogens with two attached hydrogens (primary N) is 1. The summed E-state index contributed by atoms with van der Waals surface area (Å²) in [6, 6.07) is 3.28. The molecule has 0 aliphatic carbocycles. The number of anilines is 2. The molecular weight excluding hydrogens is 259 g/mol. The van der Waals surface area contributed by atoms with E-state index in [-0.39, 0.29) is 5.02 Å². The van der Waals surface area contributed by atoms with Gasteiger partial charge in [-0.2, -0.15) is 11.8 Å². The third-order valence-corrected chi connectivity index (χ3v) is 4.89. The highest BCUT2D eigenvalue weighted by molar-refractivity contribution is 8.00. The second kappa shape index (κ2) is 4.94. The van der Waals surface area contributed by atoms with Crippen molar-refractivity contribution in [3.63, 3.8) is 0 Å². The van der Waals surface area contributed by atoms with Crippen LogP contribution in [0.4, 0.5) is 15.8 Å². The third-order valence-electron chi connectivity index (χ3n) is 3.26. The first-order valence-corrected chi connectivity index (χ1v) is 7.06. The Bertz CT molecular complexity index is 427. The number of benzene rings is 1. The second-order valence-electron chi connectivity index (χ2n) is 4.34. The van der Waals surface area contributed by atoms with Crippen molar-refractivity contribution in [3.8, 4) is 0 Å². The van der Waals surface area contributed by atoms with Crippen LogP contribution >= 0.6 is 23.4 Å². The molecule has 1 heterocycles. The van der Waals surface area contributed by atoms with Crippen molar-refractivity contribution in [2.45, 2.75) is 25.1 Å². The Hall–Kier alpha value is -0.610. The van der Waals surface area contributed by atoms with Gasteiger partial charge in [-0.1, -0.05) is 18.5 Å². The van der Waals surface area contributed by atoms with Gasteiger partial charge in [0.25, 0.3) is 0 Å². The molecule has 17 heavy (non-hydrogen) atoms. The zero-order valence-corrected chi connectivity index (χ0v) is 11.5. The molecule has 0 saturated carbocycles. The Kier molecular flexibility index (Phi) is 3.73. The molecule has 1 fully saturated rings. The molecule has 2 rings (SSSR count). The van der Waals surface area contributed by atoms with Crippen molar-refractivity contribution in [2.24, 2.45) is 0 Å². The van der Waals surface area contributed by atoms with Crippen LogP contribution in [-0.4, -0.2) is 23.6 Å². The highest BCUT2D eigenvalue weighted by Gasteiger charge is 2.27. The first-order valence-electron chi connectivity index (χ1n) is 5.63. The van der Waals surface area contributed by atoms with Gasteiger partial charge in [0.15, 0.2) is 0 Å². The fraction of sp³-hybridized carbons (Fsp3) is 0.500. The van der Waals surface area contributed by atoms with Gasteiger partial charge in [0.05, 0.1) is 16.4 Å². The van der Waals surface area contributed by atoms with Crippen LogP contribution in [0.3, 0.4) is 0 Å². The van der Waals surface area contributed by atoms with E-state index in [0.29, 0.717) is 17.0 Å². The quantitative estimate of drug-likeness (QED) is 0.796. The summed E-state index contributed by atoms with van der Waals surface area (Å²) in [5, 5.41) is 0.597. The summed E-state index contributed by atoms with van der Waals surface area (Å²) in [6.45, 7) is 5.22. The lowest BCUT2D eigenvalue weighted by Crippen LogP contribution is -2.45. The molecule has 2 N–H and O–H groups in total. The first-order chi connectivity index (χ1) is 8.00. The lowest BCUT2D eigenvalue weighted by molar-refractivity contribution is 0.611. The molecule has 0 amide bonds. The van der Waals surface area contributed by atoms with Gasteiger partial charge in [-0.05, 0) is 13.0 Å². The SMILES string of the molecule is CC1SCCN(c2cc(F)c(Cl)cc2N)C1C. The number of thioether (sulfide) groups is 1. The molecule has 5 heteroatoms. The van der Waals surface area contributed by atoms with Gasteiger partial charge in [0, 0.05) is 29.7 Å². The predicted molar refractivity (Wildman–Crippen MR) is 74.6 cm³/mol. The molecule has 1 saturated heterocycles. The molecule has 2 atom stereocenters. The average molecular weight is 275 g/mol. The highest BCUT2D eigenvalue weighted by atomic mass is 35.5. The normalized spacial score (nSPS) is 25.1. The minimum atomic E-state index is -0.408. The second-order valence-corrected chi connectivity index (χ2v) is 6.23. The number of nitrogen functional groups attached to an aromatic ring is 1. The van der Waals surface area contributed by atoms with Gasteiger partial charge < -0.3 is 10.6 Å². The molecule has 0 spiro atoms. The fourth-order valence-electron chi connectivity index (χ4n) is 2.07. The summed E-state index contributed by atoms with van der Waals surface area (Å²) in [7, 11) is 0. The maximum atomic E-state index is 13.5. The van der Waals surface area contributed by atoms with Crippen LogP contribution in [0.25, 0.3) is 0 Å². The summed E-state index contributed by atoms with van der Waals surface area (Å²) in [6.07, 6.45) is 0. The first kappa shape index (κ1) is 12.8. The molecule has 2 unspecified atom stereocenters. The summed E-state index contributed by atoms with van der Waals surface area (Å²) >= 11 is 7.65. The van der Waals surface area contributed by atoms with E-state index in [0.717, 1.165) is 18.0 Å². The summed E-state index contributed by atoms with van der Waals surface area (Å²) < 4.78 is 13.5. The van der Waals surface area contributed by atoms with Gasteiger partial charge in [-0.15, -0.1) is 0 Å². The number of rotatable bonds is 1. The Morgan fingerprint density at radius 2 is 2.18 bits per heavy atom. The fourth-order valence-corrected chi connectivity index (χ4v) is 3.34. The van der Waals surface area contributed by atoms with Crippen LogP contribution in [0, 0.1) is 5.82 Å². The van der Waals surface area contributed by atoms with E-state index in [4.69, 9.17) is 17.3 Å². The molecule has 0 radical (unpaired) electrons. The minimum absolute atomic E-state index is 0.0818. The zero-order chi connectivity index (χ0) is 12.6. The smallest absolute Gasteiger partial charge is 0.144 e. The largest absolute Gasteiger partial charge is 0.397 e. The van der Waals surface area contributed by atoms with Crippen LogP contribution in [-0.2, 0) is 0 Å². The van der Waals surface area contributed by atoms with Gasteiger partial charge in [0.2, 0.25) is 0 Å². The minimum Gasteiger partial charge on any atom is -0.397 e. The Balaban J connectivity index is 2.36. The van der Waals surface area contributed by atoms with E-state index >= 15 is 0 Å². The molecule has 1 aromatic carbocycles. The topological polar surface area (TPSA) is 29.3 Å². The maximum Gasteiger partial charge on any atom is 0.144 e. The van der Waals surface area contributed by atoms with Gasteiger partial charge in [-0.25, -0.2) is 4.39 Å². The number of halogens is 2. The molecule has 1 aliphatic rings. The van der Waals surface area contributed by atoms with Crippen LogP contribution in [0.2, 0.25) is 5.02 Å². The number of hydrogen-bond donors (Lipinski definition) is 1. The van der Waals surface area contributed by atoms with Crippen molar-refractivity contribution in [1.29, 1.82) is 0 Å². The zero-order valence-electron chi connectivity index (χ0n) is 9.91. The van der Waals surface area contributed by atoms with Gasteiger partial charge in [0.1, 0.15) is 5.82 Å². The maximum absolute atomic E-state index is 13.5. The van der Waals surface area contributed by atoms with Crippen molar-refractivity contribution >= 4 is 34.7 Å². The number of nitrogens with zero attached hydrogens (tertiary/aromatic N) is 1. The molecule has 2 nitrogen and oxygen atoms in total. The van der Waals surface area contributed by atoms with E-state index in [9.17, 15) is 4.39 Å². The molecule has 1 aromatic rings. The summed E-state index contributed by atoms with van der Waals surface area (Å²) in [5.74, 6) is 0.629. The van der Waals surface area contributed by atoms with E-state index in [1.807, 2.05) is 11.8 Å². The van der Waals surface area contributed by atoms with Gasteiger partial charge >= 0.3 is 0 Å². The van der Waals surface area contributed by atoms with Gasteiger partial charge in [-0.3, -0.25) is 0 Å². The summed E-state index contributed by atoms with van der Waals surface area (Å²) in [4.78, 5) is 2.16. The molecule has 94 valence electrons. The van der Waals surface area contributed by atoms with Crippen LogP contribution in [0.5, 0.6) is 0 Å². The van der Waals surface area contributed by atoms with E-state index < -0.39 is 5.82 Å². The lowest BCUT2D eigenvalue weighted by Gasteiger charge is -2.39. The van der Waals surface area contributed by atoms with E-state index in [1.54, 1.807) is 0 Å². The Labute approximate surface area is 110 Å². The average Bonchev–Trinajstić information content (AvgIpc) is 2.28. The standard InChI is InChI=1S/C12H16ClFN2S/c1-7-8(2)17-4-3-16(7)12-6-10(14)9(13)5-11(12)15/h5-8H,3-4,15H2,1-2H3. The molecule has 1 aliphatic heterocycles. The predicted octanol–water partition coefficient (Wildman–Crippen LogP) is 3.39. The molecular formula is C12H16ClFN2S. The van der Waals surface area contributed by atoms with Crippen molar-refractivity contribution < 1.29 is 4.39 Å². The van der Waals surface area contributed by atoms with Crippen LogP contribution in [0.15, 0.2) is 12.1 Å². The Morgan fingerprint density at radius 1 is 1.47 bits per heavy atom. The molecule has 0 aromatic heterocycles. The summed E-state index contributed by atoms with van der Waals surface area (Å²) in [5.41, 5.74) is 7.23. The van der Waals surface area contributed by atoms with Crippen molar-refractivity contribution in [3.05, 3.63) is 23.0 Å². The van der Waals surface area contributed by atoms with Crippen molar-refractivity contribution in [1.82, 2.24) is 0 Å². The van der Waals surface area contributed by atoms with Crippen LogP contribution in [0.1, 0.15) is 13.8 Å². The monoisotopic (exact) mass is 274 g/mol. The number of hydrogen-bond acceptors (Lipinski definition) is 3. The third kappa shape index (κ3) is 2.47. The van der Waals surface area contributed by atoms with E-state index in [1.165, 1.54) is 12.1 Å². The lowest BCUT2D eigenvalue weighted by atomic mass is 10.1. The Morgan fingerprint density at radius 3 is 2.88 bits per heavy atom. The van der Waals surface area contributed by atoms with Crippen LogP contribution < -0.4 is 10.6 Å².